The van der Waals surface area contributed by atoms with Gasteiger partial charge in [0, 0.05) is 25.7 Å². The third-order valence-corrected chi connectivity index (χ3v) is 2.65. The first kappa shape index (κ1) is 15.2. The molecule has 1 rings (SSSR count). The molecule has 7 nitrogen and oxygen atoms in total. The van der Waals surface area contributed by atoms with Crippen LogP contribution in [0.4, 0.5) is 0 Å². The summed E-state index contributed by atoms with van der Waals surface area (Å²) in [6, 6.07) is 0. The SMILES string of the molecule is NCCCCCC(=O)NCCn1cnc(C(=O)O)c1. The predicted molar refractivity (Wildman–Crippen MR) is 69.7 cm³/mol. The Hall–Kier alpha value is -1.89. The summed E-state index contributed by atoms with van der Waals surface area (Å²) in [6.45, 7) is 1.63. The van der Waals surface area contributed by atoms with Gasteiger partial charge in [-0.15, -0.1) is 0 Å². The van der Waals surface area contributed by atoms with Crippen LogP contribution in [0.5, 0.6) is 0 Å². The zero-order valence-corrected chi connectivity index (χ0v) is 10.8. The van der Waals surface area contributed by atoms with Crippen LogP contribution in [-0.4, -0.2) is 39.6 Å². The van der Waals surface area contributed by atoms with Gasteiger partial charge in [-0.05, 0) is 19.4 Å². The summed E-state index contributed by atoms with van der Waals surface area (Å²) >= 11 is 0. The molecule has 0 aliphatic carbocycles. The summed E-state index contributed by atoms with van der Waals surface area (Å²) in [6.07, 6.45) is 6.14. The quantitative estimate of drug-likeness (QED) is 0.555. The zero-order chi connectivity index (χ0) is 14.1. The number of carbonyl (C=O) groups is 2. The van der Waals surface area contributed by atoms with Gasteiger partial charge >= 0.3 is 5.97 Å². The van der Waals surface area contributed by atoms with Gasteiger partial charge in [0.1, 0.15) is 0 Å². The molecule has 1 aromatic heterocycles. The largest absolute Gasteiger partial charge is 0.476 e. The van der Waals surface area contributed by atoms with Gasteiger partial charge in [0.05, 0.1) is 6.33 Å². The van der Waals surface area contributed by atoms with E-state index in [1.54, 1.807) is 4.57 Å². The van der Waals surface area contributed by atoms with Crippen molar-refractivity contribution in [2.45, 2.75) is 32.2 Å². The minimum absolute atomic E-state index is 0.00751. The summed E-state index contributed by atoms with van der Waals surface area (Å²) in [5, 5.41) is 11.5. The standard InChI is InChI=1S/C12H20N4O3/c13-5-3-1-2-4-11(17)14-6-7-16-8-10(12(18)19)15-9-16/h8-9H,1-7,13H2,(H,14,17)(H,18,19). The van der Waals surface area contributed by atoms with E-state index >= 15 is 0 Å². The number of carbonyl (C=O) groups excluding carboxylic acids is 1. The molecule has 0 saturated carbocycles. The lowest BCUT2D eigenvalue weighted by molar-refractivity contribution is -0.121. The Balaban J connectivity index is 2.15. The summed E-state index contributed by atoms with van der Waals surface area (Å²) < 4.78 is 1.64. The maximum Gasteiger partial charge on any atom is 0.356 e. The molecule has 0 aliphatic rings. The molecule has 0 fully saturated rings. The van der Waals surface area contributed by atoms with E-state index in [4.69, 9.17) is 10.8 Å². The molecule has 0 radical (unpaired) electrons. The summed E-state index contributed by atoms with van der Waals surface area (Å²) in [7, 11) is 0. The van der Waals surface area contributed by atoms with Crippen LogP contribution in [0.2, 0.25) is 0 Å². The molecule has 0 aliphatic heterocycles. The van der Waals surface area contributed by atoms with Gasteiger partial charge in [-0.1, -0.05) is 6.42 Å². The van der Waals surface area contributed by atoms with Gasteiger partial charge in [-0.25, -0.2) is 9.78 Å². The Morgan fingerprint density at radius 2 is 2.16 bits per heavy atom. The highest BCUT2D eigenvalue weighted by atomic mass is 16.4. The number of aromatic nitrogens is 2. The van der Waals surface area contributed by atoms with Crippen molar-refractivity contribution in [1.82, 2.24) is 14.9 Å². The number of carboxylic acids is 1. The van der Waals surface area contributed by atoms with E-state index in [1.165, 1.54) is 12.5 Å². The normalized spacial score (nSPS) is 10.4. The molecular weight excluding hydrogens is 248 g/mol. The van der Waals surface area contributed by atoms with Gasteiger partial charge in [0.2, 0.25) is 5.91 Å². The molecule has 106 valence electrons. The van der Waals surface area contributed by atoms with Crippen molar-refractivity contribution in [3.8, 4) is 0 Å². The monoisotopic (exact) mass is 268 g/mol. The van der Waals surface area contributed by atoms with Crippen molar-refractivity contribution in [3.05, 3.63) is 18.2 Å². The summed E-state index contributed by atoms with van der Waals surface area (Å²) in [5.74, 6) is -1.04. The maximum absolute atomic E-state index is 11.4. The fourth-order valence-electron chi connectivity index (χ4n) is 1.61. The minimum Gasteiger partial charge on any atom is -0.476 e. The maximum atomic E-state index is 11.4. The van der Waals surface area contributed by atoms with Crippen LogP contribution in [0.25, 0.3) is 0 Å². The van der Waals surface area contributed by atoms with Crippen LogP contribution in [0.15, 0.2) is 12.5 Å². The Morgan fingerprint density at radius 1 is 1.37 bits per heavy atom. The smallest absolute Gasteiger partial charge is 0.356 e. The molecule has 0 spiro atoms. The minimum atomic E-state index is -1.05. The van der Waals surface area contributed by atoms with Crippen LogP contribution >= 0.6 is 0 Å². The molecule has 1 aromatic rings. The van der Waals surface area contributed by atoms with Crippen molar-refractivity contribution >= 4 is 11.9 Å². The van der Waals surface area contributed by atoms with Crippen molar-refractivity contribution < 1.29 is 14.7 Å². The second kappa shape index (κ2) is 8.25. The van der Waals surface area contributed by atoms with Crippen LogP contribution < -0.4 is 11.1 Å². The van der Waals surface area contributed by atoms with Gasteiger partial charge in [-0.2, -0.15) is 0 Å². The van der Waals surface area contributed by atoms with Crippen LogP contribution in [0.1, 0.15) is 36.2 Å². The number of hydrogen-bond donors (Lipinski definition) is 3. The van der Waals surface area contributed by atoms with Crippen LogP contribution in [0.3, 0.4) is 0 Å². The number of nitrogens with two attached hydrogens (primary N) is 1. The molecule has 0 aromatic carbocycles. The summed E-state index contributed by atoms with van der Waals surface area (Å²) in [4.78, 5) is 25.8. The second-order valence-electron chi connectivity index (χ2n) is 4.25. The molecule has 1 heterocycles. The number of unbranched alkanes of at least 4 members (excludes halogenated alkanes) is 2. The molecule has 1 amide bonds. The van der Waals surface area contributed by atoms with E-state index in [-0.39, 0.29) is 11.6 Å². The number of nitrogens with zero attached hydrogens (tertiary/aromatic N) is 2. The lowest BCUT2D eigenvalue weighted by Gasteiger charge is -2.05. The third kappa shape index (κ3) is 6.01. The first-order valence-corrected chi connectivity index (χ1v) is 6.35. The average Bonchev–Trinajstić information content (AvgIpc) is 2.84. The number of amides is 1. The molecule has 4 N–H and O–H groups in total. The first-order chi connectivity index (χ1) is 9.13. The van der Waals surface area contributed by atoms with Gasteiger partial charge in [-0.3, -0.25) is 4.79 Å². The topological polar surface area (TPSA) is 110 Å². The molecule has 0 unspecified atom stereocenters. The van der Waals surface area contributed by atoms with E-state index in [2.05, 4.69) is 10.3 Å². The molecule has 7 heteroatoms. The van der Waals surface area contributed by atoms with Crippen molar-refractivity contribution in [2.24, 2.45) is 5.73 Å². The van der Waals surface area contributed by atoms with Crippen molar-refractivity contribution in [1.29, 1.82) is 0 Å². The van der Waals surface area contributed by atoms with Gasteiger partial charge in [0.25, 0.3) is 0 Å². The Bertz CT molecular complexity index is 417. The number of imidazole rings is 1. The highest BCUT2D eigenvalue weighted by Gasteiger charge is 2.06. The number of aromatic carboxylic acids is 1. The number of nitrogens with one attached hydrogen (secondary N) is 1. The Morgan fingerprint density at radius 3 is 2.79 bits per heavy atom. The lowest BCUT2D eigenvalue weighted by atomic mass is 10.2. The zero-order valence-electron chi connectivity index (χ0n) is 10.8. The number of carboxylic acid groups (broad SMARTS) is 1. The Kier molecular flexibility index (Phi) is 6.59. The van der Waals surface area contributed by atoms with Crippen molar-refractivity contribution in [3.63, 3.8) is 0 Å². The second-order valence-corrected chi connectivity index (χ2v) is 4.25. The average molecular weight is 268 g/mol. The highest BCUT2D eigenvalue weighted by molar-refractivity contribution is 5.84. The fraction of sp³-hybridized carbons (Fsp3) is 0.583. The van der Waals surface area contributed by atoms with E-state index in [0.29, 0.717) is 26.1 Å². The van der Waals surface area contributed by atoms with E-state index in [9.17, 15) is 9.59 Å². The van der Waals surface area contributed by atoms with Crippen molar-refractivity contribution in [2.75, 3.05) is 13.1 Å². The fourth-order valence-corrected chi connectivity index (χ4v) is 1.61. The van der Waals surface area contributed by atoms with Crippen LogP contribution in [-0.2, 0) is 11.3 Å². The summed E-state index contributed by atoms with van der Waals surface area (Å²) in [5.41, 5.74) is 5.37. The van der Waals surface area contributed by atoms with E-state index in [0.717, 1.165) is 19.3 Å². The molecule has 0 saturated heterocycles. The van der Waals surface area contributed by atoms with Gasteiger partial charge < -0.3 is 20.7 Å². The molecule has 0 atom stereocenters. The Labute approximate surface area is 111 Å². The lowest BCUT2D eigenvalue weighted by Crippen LogP contribution is -2.26. The predicted octanol–water partition coefficient (Wildman–Crippen LogP) is 0.217. The third-order valence-electron chi connectivity index (χ3n) is 2.65. The van der Waals surface area contributed by atoms with Crippen LogP contribution in [0, 0.1) is 0 Å². The number of hydrogen-bond acceptors (Lipinski definition) is 4. The molecular formula is C12H20N4O3. The first-order valence-electron chi connectivity index (χ1n) is 6.35. The highest BCUT2D eigenvalue weighted by Crippen LogP contribution is 1.98. The van der Waals surface area contributed by atoms with E-state index < -0.39 is 5.97 Å². The number of rotatable bonds is 9. The van der Waals surface area contributed by atoms with Gasteiger partial charge in [0.15, 0.2) is 5.69 Å². The molecule has 0 bridgehead atoms. The van der Waals surface area contributed by atoms with E-state index in [1.807, 2.05) is 0 Å². The molecule has 19 heavy (non-hydrogen) atoms.